The van der Waals surface area contributed by atoms with Crippen molar-refractivity contribution in [1.29, 1.82) is 5.41 Å². The third-order valence-electron chi connectivity index (χ3n) is 2.01. The predicted octanol–water partition coefficient (Wildman–Crippen LogP) is 2.44. The summed E-state index contributed by atoms with van der Waals surface area (Å²) in [7, 11) is 0. The monoisotopic (exact) mass is 170 g/mol. The number of nitrogens with one attached hydrogen (secondary N) is 2. The Morgan fingerprint density at radius 2 is 2.25 bits per heavy atom. The molecule has 0 radical (unpaired) electrons. The molecule has 0 rings (SSSR count). The van der Waals surface area contributed by atoms with Gasteiger partial charge in [0.1, 0.15) is 0 Å². The van der Waals surface area contributed by atoms with Gasteiger partial charge in [0.25, 0.3) is 0 Å². The summed E-state index contributed by atoms with van der Waals surface area (Å²) in [4.78, 5) is 0. The van der Waals surface area contributed by atoms with Gasteiger partial charge in [0.15, 0.2) is 0 Å². The maximum Gasteiger partial charge on any atom is 0.0000603 e. The normalized spacial score (nSPS) is 12.8. The minimum atomic E-state index is 0.788. The van der Waals surface area contributed by atoms with E-state index in [0.29, 0.717) is 0 Å². The molecule has 0 aromatic heterocycles. The molecule has 0 aliphatic rings. The molecule has 0 aromatic rings. The fourth-order valence-electron chi connectivity index (χ4n) is 1.18. The van der Waals surface area contributed by atoms with Crippen molar-refractivity contribution in [3.8, 4) is 0 Å². The van der Waals surface area contributed by atoms with Crippen molar-refractivity contribution in [1.82, 2.24) is 5.32 Å². The van der Waals surface area contributed by atoms with E-state index in [1.54, 1.807) is 0 Å². The molecule has 0 fully saturated rings. The Kier molecular flexibility index (Phi) is 8.46. The quantitative estimate of drug-likeness (QED) is 0.426. The maximum absolute atomic E-state index is 6.83. The van der Waals surface area contributed by atoms with Gasteiger partial charge in [-0.3, -0.25) is 0 Å². The van der Waals surface area contributed by atoms with Crippen LogP contribution in [0, 0.1) is 11.3 Å². The third-order valence-corrected chi connectivity index (χ3v) is 2.01. The zero-order valence-corrected chi connectivity index (χ0v) is 8.40. The zero-order chi connectivity index (χ0) is 9.23. The van der Waals surface area contributed by atoms with E-state index in [1.807, 2.05) is 0 Å². The molecule has 12 heavy (non-hydrogen) atoms. The lowest BCUT2D eigenvalue weighted by molar-refractivity contribution is 0.468. The molecule has 0 heterocycles. The average molecular weight is 170 g/mol. The molecule has 0 amide bonds. The van der Waals surface area contributed by atoms with Crippen molar-refractivity contribution < 1.29 is 0 Å². The second-order valence-corrected chi connectivity index (χ2v) is 3.44. The Morgan fingerprint density at radius 3 is 2.83 bits per heavy atom. The molecule has 1 unspecified atom stereocenters. The Balaban J connectivity index is 3.07. The number of rotatable bonds is 8. The molecular formula is C10H22N2. The van der Waals surface area contributed by atoms with Crippen LogP contribution < -0.4 is 5.32 Å². The van der Waals surface area contributed by atoms with Crippen LogP contribution in [0.5, 0.6) is 0 Å². The molecule has 0 aliphatic heterocycles. The molecule has 2 heteroatoms. The first kappa shape index (κ1) is 11.6. The second-order valence-electron chi connectivity index (χ2n) is 3.44. The Bertz CT molecular complexity index is 102. The van der Waals surface area contributed by atoms with E-state index in [-0.39, 0.29) is 0 Å². The van der Waals surface area contributed by atoms with E-state index in [9.17, 15) is 0 Å². The molecule has 0 bridgehead atoms. The van der Waals surface area contributed by atoms with Gasteiger partial charge >= 0.3 is 0 Å². The molecule has 72 valence electrons. The van der Waals surface area contributed by atoms with Gasteiger partial charge in [-0.05, 0) is 31.5 Å². The zero-order valence-electron chi connectivity index (χ0n) is 8.40. The highest BCUT2D eigenvalue weighted by molar-refractivity contribution is 5.52. The third kappa shape index (κ3) is 7.73. The van der Waals surface area contributed by atoms with Crippen molar-refractivity contribution in [2.75, 3.05) is 13.1 Å². The Morgan fingerprint density at radius 1 is 1.50 bits per heavy atom. The molecule has 0 aromatic carbocycles. The lowest BCUT2D eigenvalue weighted by Gasteiger charge is -2.10. The molecule has 1 atom stereocenters. The number of unbranched alkanes of at least 4 members (excludes halogenated alkanes) is 1. The van der Waals surface area contributed by atoms with Gasteiger partial charge in [0, 0.05) is 6.54 Å². The van der Waals surface area contributed by atoms with E-state index in [2.05, 4.69) is 19.2 Å². The molecule has 2 nitrogen and oxygen atoms in total. The minimum absolute atomic E-state index is 0.788. The van der Waals surface area contributed by atoms with Crippen molar-refractivity contribution in [3.05, 3.63) is 0 Å². The summed E-state index contributed by atoms with van der Waals surface area (Å²) in [6, 6.07) is 0. The van der Waals surface area contributed by atoms with Gasteiger partial charge in [-0.25, -0.2) is 0 Å². The minimum Gasteiger partial charge on any atom is -0.316 e. The van der Waals surface area contributed by atoms with Crippen molar-refractivity contribution in [3.63, 3.8) is 0 Å². The number of hydrogen-bond donors (Lipinski definition) is 2. The van der Waals surface area contributed by atoms with Crippen LogP contribution in [-0.4, -0.2) is 19.3 Å². The summed E-state index contributed by atoms with van der Waals surface area (Å²) in [6.45, 7) is 6.58. The first-order valence-corrected chi connectivity index (χ1v) is 5.00. The van der Waals surface area contributed by atoms with Gasteiger partial charge < -0.3 is 10.7 Å². The molecular weight excluding hydrogens is 148 g/mol. The predicted molar refractivity (Wildman–Crippen MR) is 55.0 cm³/mol. The van der Waals surface area contributed by atoms with E-state index in [0.717, 1.165) is 25.4 Å². The van der Waals surface area contributed by atoms with Crippen LogP contribution in [-0.2, 0) is 0 Å². The molecule has 0 spiro atoms. The van der Waals surface area contributed by atoms with Gasteiger partial charge in [0.2, 0.25) is 0 Å². The van der Waals surface area contributed by atoms with E-state index in [1.165, 1.54) is 25.5 Å². The van der Waals surface area contributed by atoms with Crippen molar-refractivity contribution in [2.45, 2.75) is 39.5 Å². The molecule has 0 saturated heterocycles. The molecule has 0 aliphatic carbocycles. The van der Waals surface area contributed by atoms with Crippen LogP contribution in [0.2, 0.25) is 0 Å². The van der Waals surface area contributed by atoms with Crippen molar-refractivity contribution in [2.24, 2.45) is 5.92 Å². The standard InChI is InChI=1S/C10H22N2/c1-3-4-6-10(2)9-12-8-5-7-11/h7,10-12H,3-6,8-9H2,1-2H3. The van der Waals surface area contributed by atoms with Crippen molar-refractivity contribution >= 4 is 6.21 Å². The van der Waals surface area contributed by atoms with Gasteiger partial charge in [-0.1, -0.05) is 26.7 Å². The fourth-order valence-corrected chi connectivity index (χ4v) is 1.18. The SMILES string of the molecule is CCCCC(C)CNCCC=N. The summed E-state index contributed by atoms with van der Waals surface area (Å²) < 4.78 is 0. The van der Waals surface area contributed by atoms with Crippen LogP contribution in [0.4, 0.5) is 0 Å². The lowest BCUT2D eigenvalue weighted by atomic mass is 10.0. The maximum atomic E-state index is 6.83. The van der Waals surface area contributed by atoms with Gasteiger partial charge in [0.05, 0.1) is 0 Å². The van der Waals surface area contributed by atoms with E-state index < -0.39 is 0 Å². The van der Waals surface area contributed by atoms with Crippen LogP contribution in [0.25, 0.3) is 0 Å². The molecule has 0 saturated carbocycles. The first-order valence-electron chi connectivity index (χ1n) is 5.00. The van der Waals surface area contributed by atoms with Crippen LogP contribution >= 0.6 is 0 Å². The van der Waals surface area contributed by atoms with Crippen LogP contribution in [0.15, 0.2) is 0 Å². The van der Waals surface area contributed by atoms with E-state index >= 15 is 0 Å². The van der Waals surface area contributed by atoms with Gasteiger partial charge in [-0.2, -0.15) is 0 Å². The summed E-state index contributed by atoms with van der Waals surface area (Å²) in [5.41, 5.74) is 0. The second kappa shape index (κ2) is 8.72. The summed E-state index contributed by atoms with van der Waals surface area (Å²) in [5.74, 6) is 0.788. The van der Waals surface area contributed by atoms with Crippen LogP contribution in [0.1, 0.15) is 39.5 Å². The summed E-state index contributed by atoms with van der Waals surface area (Å²) in [6.07, 6.45) is 6.29. The molecule has 2 N–H and O–H groups in total. The highest BCUT2D eigenvalue weighted by atomic mass is 14.8. The largest absolute Gasteiger partial charge is 0.316 e. The summed E-state index contributed by atoms with van der Waals surface area (Å²) in [5, 5.41) is 10.2. The summed E-state index contributed by atoms with van der Waals surface area (Å²) >= 11 is 0. The Hall–Kier alpha value is -0.370. The number of hydrogen-bond acceptors (Lipinski definition) is 2. The highest BCUT2D eigenvalue weighted by Crippen LogP contribution is 2.05. The average Bonchev–Trinajstić information content (AvgIpc) is 2.09. The van der Waals surface area contributed by atoms with E-state index in [4.69, 9.17) is 5.41 Å². The topological polar surface area (TPSA) is 35.9 Å². The fraction of sp³-hybridized carbons (Fsp3) is 0.900. The highest BCUT2D eigenvalue weighted by Gasteiger charge is 1.99. The van der Waals surface area contributed by atoms with Crippen LogP contribution in [0.3, 0.4) is 0 Å². The Labute approximate surface area is 76.3 Å². The first-order chi connectivity index (χ1) is 5.81. The van der Waals surface area contributed by atoms with Gasteiger partial charge in [-0.15, -0.1) is 0 Å². The lowest BCUT2D eigenvalue weighted by Crippen LogP contribution is -2.22. The smallest absolute Gasteiger partial charge is 0.0000603 e.